The van der Waals surface area contributed by atoms with Gasteiger partial charge in [-0.3, -0.25) is 0 Å². The van der Waals surface area contributed by atoms with Crippen LogP contribution in [0.4, 0.5) is 10.5 Å². The summed E-state index contributed by atoms with van der Waals surface area (Å²) in [5, 5.41) is 14.5. The molecule has 1 aliphatic rings. The second-order valence-corrected chi connectivity index (χ2v) is 4.50. The normalized spacial score (nSPS) is 17.8. The summed E-state index contributed by atoms with van der Waals surface area (Å²) in [6.45, 7) is 3.26. The van der Waals surface area contributed by atoms with Gasteiger partial charge in [0.15, 0.2) is 0 Å². The lowest BCUT2D eigenvalue weighted by Crippen LogP contribution is -2.38. The minimum absolute atomic E-state index is 0.0865. The molecular formula is C14H17N3O2. The number of rotatable bonds is 3. The lowest BCUT2D eigenvalue weighted by atomic mass is 10.1. The van der Waals surface area contributed by atoms with Gasteiger partial charge in [-0.1, -0.05) is 6.92 Å². The molecule has 1 saturated heterocycles. The first-order chi connectivity index (χ1) is 9.22. The summed E-state index contributed by atoms with van der Waals surface area (Å²) in [7, 11) is 0. The molecule has 0 radical (unpaired) electrons. The Labute approximate surface area is 112 Å². The number of nitrogens with zero attached hydrogens (tertiary/aromatic N) is 1. The molecule has 1 aromatic carbocycles. The average Bonchev–Trinajstić information content (AvgIpc) is 2.91. The molecule has 2 rings (SSSR count). The first-order valence-electron chi connectivity index (χ1n) is 6.41. The smallest absolute Gasteiger partial charge is 0.319 e. The van der Waals surface area contributed by atoms with E-state index in [0.29, 0.717) is 18.8 Å². The molecule has 0 unspecified atom stereocenters. The number of carbonyl (C=O) groups is 1. The highest BCUT2D eigenvalue weighted by atomic mass is 16.5. The topological polar surface area (TPSA) is 74.2 Å². The fourth-order valence-electron chi connectivity index (χ4n) is 2.07. The van der Waals surface area contributed by atoms with Crippen LogP contribution < -0.4 is 10.6 Å². The summed E-state index contributed by atoms with van der Waals surface area (Å²) in [4.78, 5) is 11.8. The molecule has 19 heavy (non-hydrogen) atoms. The number of hydrogen-bond acceptors (Lipinski definition) is 3. The zero-order chi connectivity index (χ0) is 13.7. The largest absolute Gasteiger partial charge is 0.379 e. The minimum Gasteiger partial charge on any atom is -0.379 e. The number of carbonyl (C=O) groups excluding carboxylic acids is 1. The van der Waals surface area contributed by atoms with Crippen LogP contribution in [0.5, 0.6) is 0 Å². The van der Waals surface area contributed by atoms with Gasteiger partial charge < -0.3 is 15.4 Å². The van der Waals surface area contributed by atoms with E-state index in [-0.39, 0.29) is 12.1 Å². The van der Waals surface area contributed by atoms with Crippen molar-refractivity contribution in [1.29, 1.82) is 5.26 Å². The molecule has 0 spiro atoms. The third kappa shape index (κ3) is 3.46. The summed E-state index contributed by atoms with van der Waals surface area (Å²) < 4.78 is 5.20. The van der Waals surface area contributed by atoms with E-state index in [9.17, 15) is 4.79 Å². The van der Waals surface area contributed by atoms with Crippen molar-refractivity contribution in [3.05, 3.63) is 29.3 Å². The maximum absolute atomic E-state index is 11.8. The Morgan fingerprint density at radius 3 is 3.05 bits per heavy atom. The predicted octanol–water partition coefficient (Wildman–Crippen LogP) is 2.03. The van der Waals surface area contributed by atoms with Crippen LogP contribution in [0.15, 0.2) is 18.2 Å². The lowest BCUT2D eigenvalue weighted by molar-refractivity contribution is 0.189. The summed E-state index contributed by atoms with van der Waals surface area (Å²) >= 11 is 0. The number of anilines is 1. The van der Waals surface area contributed by atoms with E-state index >= 15 is 0 Å². The van der Waals surface area contributed by atoms with Gasteiger partial charge in [0.25, 0.3) is 0 Å². The quantitative estimate of drug-likeness (QED) is 0.872. The van der Waals surface area contributed by atoms with Gasteiger partial charge in [-0.2, -0.15) is 5.26 Å². The Hall–Kier alpha value is -2.06. The van der Waals surface area contributed by atoms with E-state index in [2.05, 4.69) is 16.7 Å². The zero-order valence-corrected chi connectivity index (χ0v) is 10.9. The highest BCUT2D eigenvalue weighted by molar-refractivity contribution is 5.90. The number of nitriles is 1. The highest BCUT2D eigenvalue weighted by Crippen LogP contribution is 2.18. The molecule has 1 heterocycles. The van der Waals surface area contributed by atoms with E-state index in [1.807, 2.05) is 6.92 Å². The van der Waals surface area contributed by atoms with Crippen molar-refractivity contribution >= 4 is 11.7 Å². The van der Waals surface area contributed by atoms with Crippen molar-refractivity contribution in [3.63, 3.8) is 0 Å². The van der Waals surface area contributed by atoms with E-state index in [1.54, 1.807) is 18.2 Å². The van der Waals surface area contributed by atoms with Crippen LogP contribution in [0.25, 0.3) is 0 Å². The first-order valence-corrected chi connectivity index (χ1v) is 6.41. The Bertz CT molecular complexity index is 502. The first kappa shape index (κ1) is 13.4. The van der Waals surface area contributed by atoms with Crippen molar-refractivity contribution in [3.8, 4) is 6.07 Å². The molecular weight excluding hydrogens is 242 g/mol. The Kier molecular flexibility index (Phi) is 4.37. The maximum atomic E-state index is 11.8. The van der Waals surface area contributed by atoms with Gasteiger partial charge in [0, 0.05) is 12.3 Å². The Balaban J connectivity index is 2.01. The predicted molar refractivity (Wildman–Crippen MR) is 71.9 cm³/mol. The molecule has 5 nitrogen and oxygen atoms in total. The van der Waals surface area contributed by atoms with E-state index in [4.69, 9.17) is 10.00 Å². The van der Waals surface area contributed by atoms with Crippen LogP contribution in [-0.2, 0) is 11.2 Å². The van der Waals surface area contributed by atoms with Gasteiger partial charge in [0.2, 0.25) is 0 Å². The molecule has 1 aromatic rings. The molecule has 0 saturated carbocycles. The highest BCUT2D eigenvalue weighted by Gasteiger charge is 2.18. The molecule has 5 heteroatoms. The van der Waals surface area contributed by atoms with E-state index in [0.717, 1.165) is 24.1 Å². The monoisotopic (exact) mass is 259 g/mol. The Morgan fingerprint density at radius 1 is 1.58 bits per heavy atom. The average molecular weight is 259 g/mol. The molecule has 0 aromatic heterocycles. The fourth-order valence-corrected chi connectivity index (χ4v) is 2.07. The molecule has 0 aliphatic carbocycles. The molecule has 2 amide bonds. The number of benzene rings is 1. The summed E-state index contributed by atoms with van der Waals surface area (Å²) in [6.07, 6.45) is 1.61. The number of ether oxygens (including phenoxy) is 1. The zero-order valence-electron chi connectivity index (χ0n) is 10.9. The number of hydrogen-bond donors (Lipinski definition) is 2. The third-order valence-electron chi connectivity index (χ3n) is 3.13. The van der Waals surface area contributed by atoms with Crippen molar-refractivity contribution in [1.82, 2.24) is 5.32 Å². The van der Waals surface area contributed by atoms with E-state index < -0.39 is 0 Å². The molecule has 100 valence electrons. The van der Waals surface area contributed by atoms with Gasteiger partial charge in [-0.05, 0) is 36.6 Å². The fraction of sp³-hybridized carbons (Fsp3) is 0.429. The van der Waals surface area contributed by atoms with Gasteiger partial charge in [-0.25, -0.2) is 4.79 Å². The van der Waals surface area contributed by atoms with Crippen molar-refractivity contribution in [2.24, 2.45) is 0 Å². The minimum atomic E-state index is -0.227. The van der Waals surface area contributed by atoms with Crippen LogP contribution in [0.1, 0.15) is 24.5 Å². The van der Waals surface area contributed by atoms with Gasteiger partial charge in [-0.15, -0.1) is 0 Å². The number of urea groups is 1. The van der Waals surface area contributed by atoms with Crippen LogP contribution in [0.3, 0.4) is 0 Å². The van der Waals surface area contributed by atoms with Crippen molar-refractivity contribution in [2.45, 2.75) is 25.8 Å². The van der Waals surface area contributed by atoms with Crippen molar-refractivity contribution in [2.75, 3.05) is 18.5 Å². The standard InChI is InChI=1S/C14H17N3O2/c1-2-11-7-10(8-15)3-4-13(11)17-14(18)16-12-5-6-19-9-12/h3-4,7,12H,2,5-6,9H2,1H3,(H2,16,17,18)/t12-/m0/s1. The van der Waals surface area contributed by atoms with Crippen LogP contribution in [0.2, 0.25) is 0 Å². The lowest BCUT2D eigenvalue weighted by Gasteiger charge is -2.14. The van der Waals surface area contributed by atoms with Gasteiger partial charge in [0.05, 0.1) is 24.3 Å². The summed E-state index contributed by atoms with van der Waals surface area (Å²) in [6, 6.07) is 7.22. The third-order valence-corrected chi connectivity index (χ3v) is 3.13. The summed E-state index contributed by atoms with van der Waals surface area (Å²) in [5.41, 5.74) is 2.31. The van der Waals surface area contributed by atoms with Gasteiger partial charge >= 0.3 is 6.03 Å². The van der Waals surface area contributed by atoms with E-state index in [1.165, 1.54) is 0 Å². The number of amides is 2. The molecule has 1 atom stereocenters. The van der Waals surface area contributed by atoms with Gasteiger partial charge in [0.1, 0.15) is 0 Å². The van der Waals surface area contributed by atoms with Crippen LogP contribution in [0, 0.1) is 11.3 Å². The number of nitrogens with one attached hydrogen (secondary N) is 2. The van der Waals surface area contributed by atoms with Crippen LogP contribution >= 0.6 is 0 Å². The molecule has 1 aliphatic heterocycles. The number of aryl methyl sites for hydroxylation is 1. The Morgan fingerprint density at radius 2 is 2.42 bits per heavy atom. The molecule has 0 bridgehead atoms. The SMILES string of the molecule is CCc1cc(C#N)ccc1NC(=O)N[C@H]1CCOC1. The summed E-state index contributed by atoms with van der Waals surface area (Å²) in [5.74, 6) is 0. The second-order valence-electron chi connectivity index (χ2n) is 4.50. The van der Waals surface area contributed by atoms with Crippen LogP contribution in [-0.4, -0.2) is 25.3 Å². The second kappa shape index (κ2) is 6.21. The van der Waals surface area contributed by atoms with Crippen molar-refractivity contribution < 1.29 is 9.53 Å². The molecule has 1 fully saturated rings. The molecule has 2 N–H and O–H groups in total. The maximum Gasteiger partial charge on any atom is 0.319 e.